The highest BCUT2D eigenvalue weighted by Crippen LogP contribution is 2.29. The minimum absolute atomic E-state index is 0.164. The van der Waals surface area contributed by atoms with Crippen LogP contribution in [0.4, 0.5) is 0 Å². The molecular formula is C22H26N2O. The van der Waals surface area contributed by atoms with Crippen LogP contribution in [0.3, 0.4) is 0 Å². The first kappa shape index (κ1) is 17.3. The Bertz CT molecular complexity index is 886. The summed E-state index contributed by atoms with van der Waals surface area (Å²) < 4.78 is 2.16. The van der Waals surface area contributed by atoms with Gasteiger partial charge in [0.05, 0.1) is 0 Å². The van der Waals surface area contributed by atoms with Crippen molar-refractivity contribution in [3.05, 3.63) is 59.7 Å². The first-order valence-corrected chi connectivity index (χ1v) is 8.98. The normalized spacial score (nSPS) is 11.0. The van der Waals surface area contributed by atoms with Gasteiger partial charge in [-0.05, 0) is 51.0 Å². The number of rotatable bonds is 5. The molecule has 3 nitrogen and oxygen atoms in total. The van der Waals surface area contributed by atoms with Crippen LogP contribution in [0.1, 0.15) is 25.0 Å². The van der Waals surface area contributed by atoms with Gasteiger partial charge in [0.2, 0.25) is 5.91 Å². The minimum Gasteiger partial charge on any atom is -0.342 e. The zero-order valence-electron chi connectivity index (χ0n) is 15.5. The summed E-state index contributed by atoms with van der Waals surface area (Å²) in [5.74, 6) is 0.164. The van der Waals surface area contributed by atoms with Crippen LogP contribution in [-0.2, 0) is 11.3 Å². The third-order valence-corrected chi connectivity index (χ3v) is 4.82. The van der Waals surface area contributed by atoms with Crippen LogP contribution in [0, 0.1) is 13.8 Å². The molecule has 130 valence electrons. The molecule has 1 amide bonds. The fraction of sp³-hybridized carbons (Fsp3) is 0.318. The van der Waals surface area contributed by atoms with Crippen molar-refractivity contribution in [3.8, 4) is 11.3 Å². The number of hydrogen-bond acceptors (Lipinski definition) is 1. The number of carbonyl (C=O) groups is 1. The molecule has 0 aliphatic rings. The molecule has 0 aliphatic heterocycles. The Balaban J connectivity index is 2.12. The summed E-state index contributed by atoms with van der Waals surface area (Å²) >= 11 is 0. The van der Waals surface area contributed by atoms with Gasteiger partial charge in [-0.2, -0.15) is 0 Å². The molecule has 0 spiro atoms. The molecule has 0 N–H and O–H groups in total. The average molecular weight is 334 g/mol. The Labute approximate surface area is 149 Å². The van der Waals surface area contributed by atoms with E-state index in [1.807, 2.05) is 18.7 Å². The fourth-order valence-corrected chi connectivity index (χ4v) is 3.31. The molecule has 25 heavy (non-hydrogen) atoms. The molecule has 3 aromatic rings. The Hall–Kier alpha value is -2.55. The van der Waals surface area contributed by atoms with E-state index in [-0.39, 0.29) is 5.91 Å². The predicted molar refractivity (Wildman–Crippen MR) is 105 cm³/mol. The summed E-state index contributed by atoms with van der Waals surface area (Å²) in [5.41, 5.74) is 5.81. The molecule has 0 saturated carbocycles. The molecular weight excluding hydrogens is 308 g/mol. The summed E-state index contributed by atoms with van der Waals surface area (Å²) in [6, 6.07) is 17.1. The number of fused-ring (bicyclic) bond motifs is 1. The van der Waals surface area contributed by atoms with Crippen molar-refractivity contribution in [3.63, 3.8) is 0 Å². The van der Waals surface area contributed by atoms with E-state index in [0.717, 1.165) is 29.9 Å². The number of amides is 1. The van der Waals surface area contributed by atoms with E-state index in [2.05, 4.69) is 66.9 Å². The van der Waals surface area contributed by atoms with Gasteiger partial charge in [0.15, 0.2) is 0 Å². The van der Waals surface area contributed by atoms with Gasteiger partial charge in [0.1, 0.15) is 6.54 Å². The smallest absolute Gasteiger partial charge is 0.242 e. The third kappa shape index (κ3) is 3.46. The van der Waals surface area contributed by atoms with Crippen molar-refractivity contribution in [2.75, 3.05) is 13.1 Å². The molecule has 0 unspecified atom stereocenters. The van der Waals surface area contributed by atoms with Crippen molar-refractivity contribution in [2.24, 2.45) is 0 Å². The first-order chi connectivity index (χ1) is 12.0. The molecule has 0 saturated heterocycles. The molecule has 3 rings (SSSR count). The number of benzene rings is 2. The average Bonchev–Trinajstić information content (AvgIpc) is 2.94. The van der Waals surface area contributed by atoms with Crippen LogP contribution >= 0.6 is 0 Å². The van der Waals surface area contributed by atoms with Crippen molar-refractivity contribution in [2.45, 2.75) is 34.2 Å². The first-order valence-electron chi connectivity index (χ1n) is 8.98. The summed E-state index contributed by atoms with van der Waals surface area (Å²) in [5, 5.41) is 1.17. The second kappa shape index (κ2) is 7.14. The van der Waals surface area contributed by atoms with Gasteiger partial charge in [-0.25, -0.2) is 0 Å². The highest BCUT2D eigenvalue weighted by atomic mass is 16.2. The number of carbonyl (C=O) groups excluding carboxylic acids is 1. The lowest BCUT2D eigenvalue weighted by atomic mass is 10.1. The number of aromatic nitrogens is 1. The van der Waals surface area contributed by atoms with E-state index in [1.165, 1.54) is 16.5 Å². The lowest BCUT2D eigenvalue weighted by Gasteiger charge is -2.20. The van der Waals surface area contributed by atoms with Crippen LogP contribution in [-0.4, -0.2) is 28.5 Å². The Kier molecular flexibility index (Phi) is 4.93. The van der Waals surface area contributed by atoms with Crippen LogP contribution in [0.25, 0.3) is 22.2 Å². The molecule has 0 radical (unpaired) electrons. The van der Waals surface area contributed by atoms with E-state index in [1.54, 1.807) is 0 Å². The molecule has 0 fully saturated rings. The molecule has 3 heteroatoms. The highest BCUT2D eigenvalue weighted by molar-refractivity contribution is 5.89. The summed E-state index contributed by atoms with van der Waals surface area (Å²) in [6.45, 7) is 10.1. The van der Waals surface area contributed by atoms with Crippen LogP contribution in [0.5, 0.6) is 0 Å². The van der Waals surface area contributed by atoms with Gasteiger partial charge in [-0.15, -0.1) is 0 Å². The number of hydrogen-bond donors (Lipinski definition) is 0. The number of aryl methyl sites for hydroxylation is 2. The molecule has 1 heterocycles. The fourth-order valence-electron chi connectivity index (χ4n) is 3.31. The Morgan fingerprint density at radius 2 is 1.56 bits per heavy atom. The zero-order chi connectivity index (χ0) is 18.0. The van der Waals surface area contributed by atoms with Gasteiger partial charge < -0.3 is 9.47 Å². The van der Waals surface area contributed by atoms with Gasteiger partial charge in [-0.1, -0.05) is 42.0 Å². The van der Waals surface area contributed by atoms with Gasteiger partial charge in [0, 0.05) is 29.7 Å². The molecule has 1 aromatic heterocycles. The van der Waals surface area contributed by atoms with E-state index >= 15 is 0 Å². The van der Waals surface area contributed by atoms with Crippen LogP contribution in [0.15, 0.2) is 48.5 Å². The monoisotopic (exact) mass is 334 g/mol. The summed E-state index contributed by atoms with van der Waals surface area (Å²) in [7, 11) is 0. The number of nitrogens with zero attached hydrogens (tertiary/aromatic N) is 2. The second-order valence-corrected chi connectivity index (χ2v) is 6.61. The maximum absolute atomic E-state index is 12.7. The number of likely N-dealkylation sites (N-methyl/N-ethyl adjacent to an activating group) is 1. The van der Waals surface area contributed by atoms with Crippen molar-refractivity contribution >= 4 is 16.8 Å². The van der Waals surface area contributed by atoms with Gasteiger partial charge >= 0.3 is 0 Å². The predicted octanol–water partition coefficient (Wildman–Crippen LogP) is 4.79. The SMILES string of the molecule is CCN(CC)C(=O)Cn1c(-c2ccc(C)cc2)cc2ccc(C)cc21. The zero-order valence-corrected chi connectivity index (χ0v) is 15.5. The standard InChI is InChI=1S/C22H26N2O/c1-5-23(6-2)22(25)15-24-20-13-17(4)9-12-19(20)14-21(24)18-10-7-16(3)8-11-18/h7-14H,5-6,15H2,1-4H3. The van der Waals surface area contributed by atoms with Crippen molar-refractivity contribution < 1.29 is 4.79 Å². The molecule has 0 atom stereocenters. The van der Waals surface area contributed by atoms with Crippen molar-refractivity contribution in [1.29, 1.82) is 0 Å². The maximum Gasteiger partial charge on any atom is 0.242 e. The maximum atomic E-state index is 12.7. The largest absolute Gasteiger partial charge is 0.342 e. The molecule has 2 aromatic carbocycles. The lowest BCUT2D eigenvalue weighted by molar-refractivity contribution is -0.131. The van der Waals surface area contributed by atoms with Crippen LogP contribution < -0.4 is 0 Å². The van der Waals surface area contributed by atoms with E-state index in [4.69, 9.17) is 0 Å². The topological polar surface area (TPSA) is 25.2 Å². The lowest BCUT2D eigenvalue weighted by Crippen LogP contribution is -2.33. The summed E-state index contributed by atoms with van der Waals surface area (Å²) in [6.07, 6.45) is 0. The Morgan fingerprint density at radius 3 is 2.20 bits per heavy atom. The van der Waals surface area contributed by atoms with Gasteiger partial charge in [0.25, 0.3) is 0 Å². The van der Waals surface area contributed by atoms with E-state index in [0.29, 0.717) is 6.54 Å². The van der Waals surface area contributed by atoms with Crippen molar-refractivity contribution in [1.82, 2.24) is 9.47 Å². The van der Waals surface area contributed by atoms with Crippen LogP contribution in [0.2, 0.25) is 0 Å². The van der Waals surface area contributed by atoms with E-state index in [9.17, 15) is 4.79 Å². The molecule has 0 bridgehead atoms. The van der Waals surface area contributed by atoms with Gasteiger partial charge in [-0.3, -0.25) is 4.79 Å². The minimum atomic E-state index is 0.164. The summed E-state index contributed by atoms with van der Waals surface area (Å²) in [4.78, 5) is 14.6. The quantitative estimate of drug-likeness (QED) is 0.658. The second-order valence-electron chi connectivity index (χ2n) is 6.61. The van der Waals surface area contributed by atoms with E-state index < -0.39 is 0 Å². The molecule has 0 aliphatic carbocycles. The third-order valence-electron chi connectivity index (χ3n) is 4.82. The Morgan fingerprint density at radius 1 is 0.920 bits per heavy atom. The highest BCUT2D eigenvalue weighted by Gasteiger charge is 2.16.